The highest BCUT2D eigenvalue weighted by Crippen LogP contribution is 2.18. The van der Waals surface area contributed by atoms with Crippen LogP contribution in [0.15, 0.2) is 35.7 Å². The number of nitrogens with one attached hydrogen (secondary N) is 4. The molecule has 0 spiro atoms. The van der Waals surface area contributed by atoms with E-state index in [9.17, 15) is 19.2 Å². The standard InChI is InChI=1S/C33H49N5O4S/c1-6-23(5)30(38-31(40)27-13-10-16-34-27)33(42)37-26(21(2)3)14-15-29-36-28(20-43-29)32(41)35-25(17-22(4)19-39)18-24-11-8-7-9-12-24/h7-9,11-12,19-23,25-27,30,34H,6,10,13-18H2,1-5H3,(H,35,41)(H,37,42)(H,38,40). The molecule has 1 aliphatic heterocycles. The van der Waals surface area contributed by atoms with Gasteiger partial charge < -0.3 is 26.1 Å². The van der Waals surface area contributed by atoms with Gasteiger partial charge in [-0.3, -0.25) is 14.4 Å². The Morgan fingerprint density at radius 1 is 1.09 bits per heavy atom. The fourth-order valence-corrected chi connectivity index (χ4v) is 6.17. The number of aromatic nitrogens is 1. The third kappa shape index (κ3) is 10.8. The first-order valence-corrected chi connectivity index (χ1v) is 16.6. The van der Waals surface area contributed by atoms with Gasteiger partial charge >= 0.3 is 0 Å². The van der Waals surface area contributed by atoms with Crippen LogP contribution in [0.2, 0.25) is 0 Å². The summed E-state index contributed by atoms with van der Waals surface area (Å²) in [5.74, 6) is -0.518. The van der Waals surface area contributed by atoms with Gasteiger partial charge in [0.15, 0.2) is 0 Å². The maximum Gasteiger partial charge on any atom is 0.270 e. The third-order valence-corrected chi connectivity index (χ3v) is 9.21. The van der Waals surface area contributed by atoms with Gasteiger partial charge in [0.25, 0.3) is 5.91 Å². The molecular weight excluding hydrogens is 562 g/mol. The van der Waals surface area contributed by atoms with Crippen LogP contribution < -0.4 is 21.3 Å². The van der Waals surface area contributed by atoms with Crippen molar-refractivity contribution in [2.24, 2.45) is 17.8 Å². The van der Waals surface area contributed by atoms with E-state index < -0.39 is 6.04 Å². The van der Waals surface area contributed by atoms with Gasteiger partial charge in [-0.25, -0.2) is 4.98 Å². The Morgan fingerprint density at radius 3 is 2.47 bits per heavy atom. The van der Waals surface area contributed by atoms with Crippen molar-refractivity contribution in [2.45, 2.75) is 104 Å². The SMILES string of the molecule is CCC(C)C(NC(=O)C1CCCN1)C(=O)NC(CCc1nc(C(=O)NC(Cc2ccccc2)CC(C)C=O)cs1)C(C)C. The van der Waals surface area contributed by atoms with Crippen molar-refractivity contribution >= 4 is 35.3 Å². The predicted octanol–water partition coefficient (Wildman–Crippen LogP) is 4.07. The zero-order valence-corrected chi connectivity index (χ0v) is 27.0. The molecule has 10 heteroatoms. The Morgan fingerprint density at radius 2 is 1.84 bits per heavy atom. The number of aldehydes is 1. The average molecular weight is 612 g/mol. The molecule has 0 aliphatic carbocycles. The van der Waals surface area contributed by atoms with E-state index in [1.54, 1.807) is 5.38 Å². The second-order valence-electron chi connectivity index (χ2n) is 12.3. The van der Waals surface area contributed by atoms with E-state index in [1.807, 2.05) is 51.1 Å². The molecule has 0 bridgehead atoms. The minimum absolute atomic E-state index is 0.00145. The highest BCUT2D eigenvalue weighted by atomic mass is 32.1. The number of carbonyl (C=O) groups excluding carboxylic acids is 4. The molecule has 236 valence electrons. The molecule has 1 aliphatic rings. The lowest BCUT2D eigenvalue weighted by Crippen LogP contribution is -2.56. The van der Waals surface area contributed by atoms with E-state index in [4.69, 9.17) is 0 Å². The summed E-state index contributed by atoms with van der Waals surface area (Å²) in [7, 11) is 0. The van der Waals surface area contributed by atoms with Gasteiger partial charge in [-0.2, -0.15) is 0 Å². The van der Waals surface area contributed by atoms with E-state index in [-0.39, 0.29) is 53.6 Å². The topological polar surface area (TPSA) is 129 Å². The normalized spacial score (nSPS) is 18.3. The monoisotopic (exact) mass is 611 g/mol. The molecule has 1 fully saturated rings. The summed E-state index contributed by atoms with van der Waals surface area (Å²) < 4.78 is 0. The molecule has 2 aromatic rings. The zero-order chi connectivity index (χ0) is 31.4. The van der Waals surface area contributed by atoms with Crippen molar-refractivity contribution in [1.82, 2.24) is 26.3 Å². The Bertz CT molecular complexity index is 1180. The number of carbonyl (C=O) groups is 4. The van der Waals surface area contributed by atoms with E-state index in [1.165, 1.54) is 11.3 Å². The second kappa shape index (κ2) is 17.3. The minimum atomic E-state index is -0.595. The van der Waals surface area contributed by atoms with Crippen molar-refractivity contribution in [3.05, 3.63) is 52.0 Å². The Labute approximate surface area is 260 Å². The number of hydrogen-bond acceptors (Lipinski definition) is 7. The molecule has 1 aromatic carbocycles. The Balaban J connectivity index is 1.59. The molecule has 3 rings (SSSR count). The summed E-state index contributed by atoms with van der Waals surface area (Å²) in [6, 6.07) is 8.78. The molecule has 6 unspecified atom stereocenters. The first kappa shape index (κ1) is 34.4. The number of nitrogens with zero attached hydrogens (tertiary/aromatic N) is 1. The first-order valence-electron chi connectivity index (χ1n) is 15.7. The van der Waals surface area contributed by atoms with Gasteiger partial charge in [-0.1, -0.05) is 71.4 Å². The number of rotatable bonds is 17. The van der Waals surface area contributed by atoms with Crippen LogP contribution in [0.4, 0.5) is 0 Å². The van der Waals surface area contributed by atoms with Gasteiger partial charge in [0.1, 0.15) is 18.0 Å². The van der Waals surface area contributed by atoms with Crippen LogP contribution in [0.3, 0.4) is 0 Å². The summed E-state index contributed by atoms with van der Waals surface area (Å²) in [5, 5.41) is 15.1. The molecule has 2 heterocycles. The van der Waals surface area contributed by atoms with E-state index in [2.05, 4.69) is 40.1 Å². The summed E-state index contributed by atoms with van der Waals surface area (Å²) >= 11 is 1.43. The van der Waals surface area contributed by atoms with Crippen molar-refractivity contribution in [2.75, 3.05) is 6.54 Å². The molecule has 1 saturated heterocycles. The number of hydrogen-bond donors (Lipinski definition) is 4. The molecule has 3 amide bonds. The second-order valence-corrected chi connectivity index (χ2v) is 13.2. The maximum absolute atomic E-state index is 13.4. The van der Waals surface area contributed by atoms with Crippen LogP contribution in [0.1, 0.15) is 87.8 Å². The van der Waals surface area contributed by atoms with E-state index >= 15 is 0 Å². The molecule has 4 N–H and O–H groups in total. The summed E-state index contributed by atoms with van der Waals surface area (Å²) in [6.07, 6.45) is 5.89. The number of amides is 3. The summed E-state index contributed by atoms with van der Waals surface area (Å²) in [5.41, 5.74) is 1.46. The van der Waals surface area contributed by atoms with Crippen LogP contribution in [0, 0.1) is 17.8 Å². The van der Waals surface area contributed by atoms with Gasteiger partial charge in [-0.05, 0) is 56.0 Å². The van der Waals surface area contributed by atoms with Crippen molar-refractivity contribution in [3.8, 4) is 0 Å². The van der Waals surface area contributed by atoms with Crippen LogP contribution in [0.5, 0.6) is 0 Å². The maximum atomic E-state index is 13.4. The smallest absolute Gasteiger partial charge is 0.270 e. The molecule has 6 atom stereocenters. The zero-order valence-electron chi connectivity index (χ0n) is 26.2. The Kier molecular flexibility index (Phi) is 13.8. The molecular formula is C33H49N5O4S. The van der Waals surface area contributed by atoms with E-state index in [0.717, 1.165) is 42.7 Å². The minimum Gasteiger partial charge on any atom is -0.351 e. The lowest BCUT2D eigenvalue weighted by molar-refractivity contribution is -0.131. The fourth-order valence-electron chi connectivity index (χ4n) is 5.37. The van der Waals surface area contributed by atoms with Crippen molar-refractivity contribution in [3.63, 3.8) is 0 Å². The molecule has 9 nitrogen and oxygen atoms in total. The van der Waals surface area contributed by atoms with Gasteiger partial charge in [0, 0.05) is 29.8 Å². The molecule has 43 heavy (non-hydrogen) atoms. The van der Waals surface area contributed by atoms with Crippen LogP contribution in [-0.4, -0.2) is 59.7 Å². The highest BCUT2D eigenvalue weighted by molar-refractivity contribution is 7.09. The largest absolute Gasteiger partial charge is 0.351 e. The number of benzene rings is 1. The summed E-state index contributed by atoms with van der Waals surface area (Å²) in [4.78, 5) is 55.2. The highest BCUT2D eigenvalue weighted by Gasteiger charge is 2.31. The lowest BCUT2D eigenvalue weighted by Gasteiger charge is -2.29. The van der Waals surface area contributed by atoms with E-state index in [0.29, 0.717) is 31.4 Å². The predicted molar refractivity (Wildman–Crippen MR) is 171 cm³/mol. The molecule has 0 radical (unpaired) electrons. The van der Waals surface area contributed by atoms with Crippen LogP contribution in [0.25, 0.3) is 0 Å². The van der Waals surface area contributed by atoms with Gasteiger partial charge in [0.05, 0.1) is 11.0 Å². The third-order valence-electron chi connectivity index (χ3n) is 8.30. The van der Waals surface area contributed by atoms with Crippen molar-refractivity contribution < 1.29 is 19.2 Å². The van der Waals surface area contributed by atoms with Gasteiger partial charge in [0.2, 0.25) is 11.8 Å². The number of thiazole rings is 1. The molecule has 0 saturated carbocycles. The molecule has 1 aromatic heterocycles. The average Bonchev–Trinajstić information content (AvgIpc) is 3.71. The van der Waals surface area contributed by atoms with Gasteiger partial charge in [-0.15, -0.1) is 11.3 Å². The quantitative estimate of drug-likeness (QED) is 0.200. The lowest BCUT2D eigenvalue weighted by atomic mass is 9.95. The number of aryl methyl sites for hydroxylation is 1. The Hall–Kier alpha value is -3.11. The fraction of sp³-hybridized carbons (Fsp3) is 0.606. The van der Waals surface area contributed by atoms with Crippen LogP contribution in [-0.2, 0) is 27.2 Å². The van der Waals surface area contributed by atoms with Crippen LogP contribution >= 0.6 is 11.3 Å². The first-order chi connectivity index (χ1) is 20.6. The van der Waals surface area contributed by atoms with Crippen molar-refractivity contribution in [1.29, 1.82) is 0 Å². The summed E-state index contributed by atoms with van der Waals surface area (Å²) in [6.45, 7) is 10.8.